The first-order chi connectivity index (χ1) is 12.2. The summed E-state index contributed by atoms with van der Waals surface area (Å²) in [6.07, 6.45) is 1.54. The molecule has 0 N–H and O–H groups in total. The van der Waals surface area contributed by atoms with Crippen LogP contribution in [0.1, 0.15) is 19.8 Å². The fourth-order valence-electron chi connectivity index (χ4n) is 2.57. The second kappa shape index (κ2) is 8.69. The SMILES string of the molecule is CCOCCCn1c(S[C@@H]2CCOC2=O)nnc1-c1ccc(Cl)cc1. The van der Waals surface area contributed by atoms with Gasteiger partial charge < -0.3 is 14.0 Å². The molecule has 2 aromatic rings. The molecular weight excluding hydrogens is 362 g/mol. The number of thioether (sulfide) groups is 1. The molecule has 1 saturated heterocycles. The van der Waals surface area contributed by atoms with Crippen molar-refractivity contribution in [2.75, 3.05) is 19.8 Å². The Hall–Kier alpha value is -1.57. The minimum atomic E-state index is -0.215. The van der Waals surface area contributed by atoms with Crippen molar-refractivity contribution in [2.45, 2.75) is 36.7 Å². The molecule has 1 aromatic heterocycles. The largest absolute Gasteiger partial charge is 0.465 e. The molecule has 1 aliphatic rings. The highest BCUT2D eigenvalue weighted by atomic mass is 35.5. The fourth-order valence-corrected chi connectivity index (χ4v) is 3.72. The molecule has 0 radical (unpaired) electrons. The van der Waals surface area contributed by atoms with Gasteiger partial charge in [-0.1, -0.05) is 23.4 Å². The fraction of sp³-hybridized carbons (Fsp3) is 0.471. The molecular formula is C17H20ClN3O3S. The molecule has 0 unspecified atom stereocenters. The predicted octanol–water partition coefficient (Wildman–Crippen LogP) is 3.43. The van der Waals surface area contributed by atoms with Crippen molar-refractivity contribution in [3.05, 3.63) is 29.3 Å². The smallest absolute Gasteiger partial charge is 0.319 e. The standard InChI is InChI=1S/C17H20ClN3O3S/c1-2-23-10-3-9-21-15(12-4-6-13(18)7-5-12)19-20-17(21)25-14-8-11-24-16(14)22/h4-7,14H,2-3,8-11H2,1H3/t14-/m1/s1. The maximum Gasteiger partial charge on any atom is 0.319 e. The van der Waals surface area contributed by atoms with E-state index < -0.39 is 0 Å². The van der Waals surface area contributed by atoms with Crippen molar-refractivity contribution >= 4 is 29.3 Å². The van der Waals surface area contributed by atoms with Crippen LogP contribution in [0.2, 0.25) is 5.02 Å². The lowest BCUT2D eigenvalue weighted by Gasteiger charge is -2.11. The molecule has 0 spiro atoms. The van der Waals surface area contributed by atoms with Gasteiger partial charge in [0.2, 0.25) is 0 Å². The van der Waals surface area contributed by atoms with E-state index in [9.17, 15) is 4.79 Å². The summed E-state index contributed by atoms with van der Waals surface area (Å²) < 4.78 is 12.5. The van der Waals surface area contributed by atoms with Gasteiger partial charge in [-0.05, 0) is 37.6 Å². The van der Waals surface area contributed by atoms with E-state index in [0.29, 0.717) is 31.3 Å². The molecule has 3 rings (SSSR count). The highest BCUT2D eigenvalue weighted by Crippen LogP contribution is 2.31. The highest BCUT2D eigenvalue weighted by molar-refractivity contribution is 8.00. The summed E-state index contributed by atoms with van der Waals surface area (Å²) in [5, 5.41) is 9.83. The topological polar surface area (TPSA) is 66.2 Å². The number of carbonyl (C=O) groups is 1. The van der Waals surface area contributed by atoms with Crippen LogP contribution in [-0.4, -0.2) is 45.8 Å². The summed E-state index contributed by atoms with van der Waals surface area (Å²) in [4.78, 5) is 11.8. The van der Waals surface area contributed by atoms with E-state index in [0.717, 1.165) is 29.5 Å². The Balaban J connectivity index is 1.83. The predicted molar refractivity (Wildman–Crippen MR) is 96.8 cm³/mol. The molecule has 0 amide bonds. The van der Waals surface area contributed by atoms with Gasteiger partial charge in [0, 0.05) is 36.8 Å². The van der Waals surface area contributed by atoms with Crippen molar-refractivity contribution in [3.63, 3.8) is 0 Å². The van der Waals surface area contributed by atoms with Crippen molar-refractivity contribution in [1.82, 2.24) is 14.8 Å². The van der Waals surface area contributed by atoms with Crippen molar-refractivity contribution < 1.29 is 14.3 Å². The summed E-state index contributed by atoms with van der Waals surface area (Å²) in [6.45, 7) is 4.53. The molecule has 25 heavy (non-hydrogen) atoms. The van der Waals surface area contributed by atoms with Crippen LogP contribution in [-0.2, 0) is 20.8 Å². The molecule has 0 saturated carbocycles. The lowest BCUT2D eigenvalue weighted by atomic mass is 10.2. The number of aromatic nitrogens is 3. The van der Waals surface area contributed by atoms with Crippen molar-refractivity contribution in [1.29, 1.82) is 0 Å². The van der Waals surface area contributed by atoms with E-state index in [-0.39, 0.29) is 11.2 Å². The Labute approximate surface area is 155 Å². The zero-order valence-corrected chi connectivity index (χ0v) is 15.6. The summed E-state index contributed by atoms with van der Waals surface area (Å²) >= 11 is 7.39. The van der Waals surface area contributed by atoms with E-state index >= 15 is 0 Å². The van der Waals surface area contributed by atoms with Crippen LogP contribution in [0.25, 0.3) is 11.4 Å². The number of carbonyl (C=O) groups excluding carboxylic acids is 1. The highest BCUT2D eigenvalue weighted by Gasteiger charge is 2.30. The van der Waals surface area contributed by atoms with E-state index in [1.807, 2.05) is 35.8 Å². The number of halogens is 1. The van der Waals surface area contributed by atoms with Crippen LogP contribution in [0, 0.1) is 0 Å². The second-order valence-corrected chi connectivity index (χ2v) is 7.18. The number of nitrogens with zero attached hydrogens (tertiary/aromatic N) is 3. The van der Waals surface area contributed by atoms with Gasteiger partial charge in [-0.2, -0.15) is 0 Å². The molecule has 1 fully saturated rings. The molecule has 6 nitrogen and oxygen atoms in total. The molecule has 2 heterocycles. The number of cyclic esters (lactones) is 1. The summed E-state index contributed by atoms with van der Waals surface area (Å²) in [5.41, 5.74) is 0.939. The second-order valence-electron chi connectivity index (χ2n) is 5.58. The third-order valence-corrected chi connectivity index (χ3v) is 5.31. The van der Waals surface area contributed by atoms with Gasteiger partial charge in [0.15, 0.2) is 11.0 Å². The van der Waals surface area contributed by atoms with E-state index in [2.05, 4.69) is 10.2 Å². The summed E-state index contributed by atoms with van der Waals surface area (Å²) in [7, 11) is 0. The van der Waals surface area contributed by atoms with Gasteiger partial charge in [0.1, 0.15) is 5.25 Å². The van der Waals surface area contributed by atoms with Gasteiger partial charge in [-0.25, -0.2) is 0 Å². The summed E-state index contributed by atoms with van der Waals surface area (Å²) in [6, 6.07) is 7.50. The zero-order chi connectivity index (χ0) is 17.6. The van der Waals surface area contributed by atoms with Gasteiger partial charge in [-0.3, -0.25) is 4.79 Å². The normalized spacial score (nSPS) is 17.0. The number of esters is 1. The molecule has 1 atom stereocenters. The Morgan fingerprint density at radius 2 is 2.16 bits per heavy atom. The number of hydrogen-bond donors (Lipinski definition) is 0. The van der Waals surface area contributed by atoms with Crippen LogP contribution in [0.15, 0.2) is 29.4 Å². The zero-order valence-electron chi connectivity index (χ0n) is 14.0. The van der Waals surface area contributed by atoms with Crippen molar-refractivity contribution in [3.8, 4) is 11.4 Å². The average Bonchev–Trinajstić information content (AvgIpc) is 3.20. The Kier molecular flexibility index (Phi) is 6.34. The van der Waals surface area contributed by atoms with E-state index in [1.54, 1.807) is 0 Å². The van der Waals surface area contributed by atoms with Crippen LogP contribution >= 0.6 is 23.4 Å². The number of rotatable bonds is 8. The Morgan fingerprint density at radius 3 is 2.84 bits per heavy atom. The maximum atomic E-state index is 11.8. The van der Waals surface area contributed by atoms with Gasteiger partial charge in [0.25, 0.3) is 0 Å². The van der Waals surface area contributed by atoms with Crippen molar-refractivity contribution in [2.24, 2.45) is 0 Å². The minimum Gasteiger partial charge on any atom is -0.465 e. The molecule has 0 bridgehead atoms. The van der Waals surface area contributed by atoms with Gasteiger partial charge in [0.05, 0.1) is 6.61 Å². The lowest BCUT2D eigenvalue weighted by Crippen LogP contribution is -2.12. The number of ether oxygens (including phenoxy) is 2. The molecule has 134 valence electrons. The molecule has 1 aliphatic heterocycles. The van der Waals surface area contributed by atoms with Crippen LogP contribution in [0.3, 0.4) is 0 Å². The molecule has 1 aromatic carbocycles. The quantitative estimate of drug-likeness (QED) is 0.515. The van der Waals surface area contributed by atoms with E-state index in [1.165, 1.54) is 11.8 Å². The molecule has 8 heteroatoms. The third-order valence-electron chi connectivity index (χ3n) is 3.83. The Morgan fingerprint density at radius 1 is 1.36 bits per heavy atom. The van der Waals surface area contributed by atoms with Gasteiger partial charge in [-0.15, -0.1) is 10.2 Å². The first kappa shape index (κ1) is 18.2. The van der Waals surface area contributed by atoms with Crippen LogP contribution in [0.4, 0.5) is 0 Å². The van der Waals surface area contributed by atoms with Crippen LogP contribution < -0.4 is 0 Å². The van der Waals surface area contributed by atoms with Crippen LogP contribution in [0.5, 0.6) is 0 Å². The first-order valence-corrected chi connectivity index (χ1v) is 9.55. The lowest BCUT2D eigenvalue weighted by molar-refractivity contribution is -0.137. The summed E-state index contributed by atoms with van der Waals surface area (Å²) in [5.74, 6) is 0.587. The first-order valence-electron chi connectivity index (χ1n) is 8.29. The Bertz CT molecular complexity index is 720. The number of hydrogen-bond acceptors (Lipinski definition) is 6. The minimum absolute atomic E-state index is 0.179. The van der Waals surface area contributed by atoms with E-state index in [4.69, 9.17) is 21.1 Å². The third kappa shape index (κ3) is 4.54. The monoisotopic (exact) mass is 381 g/mol. The maximum absolute atomic E-state index is 11.8. The van der Waals surface area contributed by atoms with Gasteiger partial charge >= 0.3 is 5.97 Å². The average molecular weight is 382 g/mol. The number of benzene rings is 1. The molecule has 0 aliphatic carbocycles.